The Morgan fingerprint density at radius 2 is 1.80 bits per heavy atom. The summed E-state index contributed by atoms with van der Waals surface area (Å²) >= 11 is 4.54. The molecule has 0 heterocycles. The lowest BCUT2D eigenvalue weighted by Crippen LogP contribution is -2.40. The molecule has 0 fully saturated rings. The van der Waals surface area contributed by atoms with Gasteiger partial charge in [-0.25, -0.2) is 14.2 Å². The predicted octanol–water partition coefficient (Wildman–Crippen LogP) is 2.65. The van der Waals surface area contributed by atoms with Crippen LogP contribution in [0, 0.1) is 11.6 Å². The van der Waals surface area contributed by atoms with Crippen LogP contribution in [-0.2, 0) is 6.54 Å². The Morgan fingerprint density at radius 1 is 1.20 bits per heavy atom. The quantitative estimate of drug-likeness (QED) is 0.498. The van der Waals surface area contributed by atoms with Crippen LogP contribution in [0.5, 0.6) is 0 Å². The van der Waals surface area contributed by atoms with E-state index in [1.165, 1.54) is 19.9 Å². The van der Waals surface area contributed by atoms with E-state index in [2.05, 4.69) is 42.2 Å². The summed E-state index contributed by atoms with van der Waals surface area (Å²) in [5.41, 5.74) is 10.4. The van der Waals surface area contributed by atoms with E-state index in [0.717, 1.165) is 12.1 Å². The zero-order chi connectivity index (χ0) is 15.5. The third-order valence-electron chi connectivity index (χ3n) is 2.40. The lowest BCUT2D eigenvalue weighted by atomic mass is 10.2. The largest absolute Gasteiger partial charge is 0.386 e. The fraction of sp³-hybridized carbons (Fsp3) is 0.462. The van der Waals surface area contributed by atoms with Crippen molar-refractivity contribution in [2.24, 2.45) is 5.73 Å². The number of hydrogen-bond donors (Lipinski definition) is 4. The first-order valence-electron chi connectivity index (χ1n) is 6.40. The molecule has 4 nitrogen and oxygen atoms in total. The number of rotatable bonds is 5. The first-order chi connectivity index (χ1) is 9.46. The van der Waals surface area contributed by atoms with Gasteiger partial charge >= 0.3 is 0 Å². The normalized spacial score (nSPS) is 9.45. The number of anilines is 1. The standard InChI is InChI=1S/C9H12F2N4S.C4H10/c1-13-8-3-6(10)5(2-7(8)11)4-14-15-9(12)16;1-3-4-2/h2-3,13-14H,4H2,1H3,(H3,12,15,16);3-4H2,1-2H3. The molecule has 0 saturated carbocycles. The van der Waals surface area contributed by atoms with Crippen molar-refractivity contribution in [1.29, 1.82) is 0 Å². The number of hydrazine groups is 1. The Hall–Kier alpha value is -1.47. The number of hydrogen-bond acceptors (Lipinski definition) is 3. The lowest BCUT2D eigenvalue weighted by molar-refractivity contribution is 0.563. The van der Waals surface area contributed by atoms with E-state index in [-0.39, 0.29) is 22.9 Å². The molecule has 0 aliphatic heterocycles. The maximum absolute atomic E-state index is 13.4. The maximum atomic E-state index is 13.4. The molecule has 0 spiro atoms. The molecule has 0 amide bonds. The molecular weight excluding hydrogens is 282 g/mol. The Morgan fingerprint density at radius 3 is 2.25 bits per heavy atom. The zero-order valence-corrected chi connectivity index (χ0v) is 12.8. The smallest absolute Gasteiger partial charge is 0.178 e. The molecule has 20 heavy (non-hydrogen) atoms. The highest BCUT2D eigenvalue weighted by molar-refractivity contribution is 7.80. The molecule has 1 rings (SSSR count). The van der Waals surface area contributed by atoms with Crippen LogP contribution in [0.4, 0.5) is 14.5 Å². The Bertz CT molecular complexity index is 425. The molecule has 5 N–H and O–H groups in total. The van der Waals surface area contributed by atoms with Crippen molar-refractivity contribution in [2.75, 3.05) is 12.4 Å². The van der Waals surface area contributed by atoms with Gasteiger partial charge in [-0.1, -0.05) is 26.7 Å². The van der Waals surface area contributed by atoms with Crippen LogP contribution in [-0.4, -0.2) is 12.2 Å². The minimum atomic E-state index is -0.518. The third kappa shape index (κ3) is 7.20. The average molecular weight is 304 g/mol. The molecule has 0 aromatic heterocycles. The number of benzene rings is 1. The predicted molar refractivity (Wildman–Crippen MR) is 83.2 cm³/mol. The van der Waals surface area contributed by atoms with E-state index in [1.54, 1.807) is 0 Å². The number of halogens is 2. The fourth-order valence-corrected chi connectivity index (χ4v) is 1.21. The number of unbranched alkanes of at least 4 members (excludes halogenated alkanes) is 1. The molecule has 0 aliphatic carbocycles. The zero-order valence-electron chi connectivity index (χ0n) is 12.0. The molecule has 1 aromatic carbocycles. The molecule has 0 saturated heterocycles. The average Bonchev–Trinajstić information content (AvgIpc) is 2.42. The molecule has 0 atom stereocenters. The summed E-state index contributed by atoms with van der Waals surface area (Å²) in [6.07, 6.45) is 2.64. The molecule has 0 unspecified atom stereocenters. The Balaban J connectivity index is 0.000000796. The van der Waals surface area contributed by atoms with Gasteiger partial charge < -0.3 is 11.1 Å². The second-order valence-electron chi connectivity index (χ2n) is 4.02. The van der Waals surface area contributed by atoms with Crippen LogP contribution in [0.2, 0.25) is 0 Å². The fourth-order valence-electron chi connectivity index (χ4n) is 1.14. The highest BCUT2D eigenvalue weighted by atomic mass is 32.1. The lowest BCUT2D eigenvalue weighted by Gasteiger charge is -2.09. The highest BCUT2D eigenvalue weighted by Crippen LogP contribution is 2.18. The molecule has 0 radical (unpaired) electrons. The van der Waals surface area contributed by atoms with E-state index in [1.807, 2.05) is 0 Å². The van der Waals surface area contributed by atoms with E-state index < -0.39 is 11.6 Å². The van der Waals surface area contributed by atoms with Crippen molar-refractivity contribution < 1.29 is 8.78 Å². The molecule has 0 bridgehead atoms. The van der Waals surface area contributed by atoms with Crippen molar-refractivity contribution in [3.63, 3.8) is 0 Å². The van der Waals surface area contributed by atoms with Crippen molar-refractivity contribution >= 4 is 23.0 Å². The Labute approximate surface area is 124 Å². The summed E-state index contributed by atoms with van der Waals surface area (Å²) in [6.45, 7) is 4.43. The van der Waals surface area contributed by atoms with Gasteiger partial charge in [0, 0.05) is 25.2 Å². The number of thiocarbonyl (C=S) groups is 1. The Kier molecular flexibility index (Phi) is 9.57. The summed E-state index contributed by atoms with van der Waals surface area (Å²) in [4.78, 5) is 0. The highest BCUT2D eigenvalue weighted by Gasteiger charge is 2.08. The number of nitrogens with one attached hydrogen (secondary N) is 3. The van der Waals surface area contributed by atoms with Crippen molar-refractivity contribution in [3.05, 3.63) is 29.3 Å². The van der Waals surface area contributed by atoms with Gasteiger partial charge in [0.1, 0.15) is 11.6 Å². The van der Waals surface area contributed by atoms with E-state index in [0.29, 0.717) is 0 Å². The molecule has 7 heteroatoms. The minimum absolute atomic E-state index is 0.0349. The summed E-state index contributed by atoms with van der Waals surface area (Å²) in [7, 11) is 1.52. The SMILES string of the molecule is CCCC.CNc1cc(F)c(CNNC(N)=S)cc1F. The second-order valence-corrected chi connectivity index (χ2v) is 4.46. The van der Waals surface area contributed by atoms with Gasteiger partial charge in [0.15, 0.2) is 5.11 Å². The van der Waals surface area contributed by atoms with E-state index in [4.69, 9.17) is 5.73 Å². The minimum Gasteiger partial charge on any atom is -0.386 e. The molecule has 0 aliphatic rings. The molecule has 1 aromatic rings. The molecular formula is C13H22F2N4S. The summed E-state index contributed by atoms with van der Waals surface area (Å²) < 4.78 is 26.7. The summed E-state index contributed by atoms with van der Waals surface area (Å²) in [5, 5.41) is 2.58. The van der Waals surface area contributed by atoms with Crippen LogP contribution < -0.4 is 21.9 Å². The molecule has 114 valence electrons. The van der Waals surface area contributed by atoms with Gasteiger partial charge in [-0.2, -0.15) is 0 Å². The van der Waals surface area contributed by atoms with Gasteiger partial charge in [0.2, 0.25) is 0 Å². The van der Waals surface area contributed by atoms with Crippen LogP contribution in [0.15, 0.2) is 12.1 Å². The van der Waals surface area contributed by atoms with E-state index in [9.17, 15) is 8.78 Å². The maximum Gasteiger partial charge on any atom is 0.178 e. The van der Waals surface area contributed by atoms with Gasteiger partial charge in [0.05, 0.1) is 5.69 Å². The van der Waals surface area contributed by atoms with E-state index >= 15 is 0 Å². The van der Waals surface area contributed by atoms with Gasteiger partial charge in [0.25, 0.3) is 0 Å². The first-order valence-corrected chi connectivity index (χ1v) is 6.81. The number of nitrogens with two attached hydrogens (primary N) is 1. The van der Waals surface area contributed by atoms with Crippen molar-refractivity contribution in [1.82, 2.24) is 10.9 Å². The van der Waals surface area contributed by atoms with Crippen molar-refractivity contribution in [3.8, 4) is 0 Å². The van der Waals surface area contributed by atoms with Gasteiger partial charge in [-0.15, -0.1) is 0 Å². The van der Waals surface area contributed by atoms with Crippen molar-refractivity contribution in [2.45, 2.75) is 33.2 Å². The third-order valence-corrected chi connectivity index (χ3v) is 2.50. The van der Waals surface area contributed by atoms with Gasteiger partial charge in [-0.05, 0) is 18.3 Å². The summed E-state index contributed by atoms with van der Waals surface area (Å²) in [5.74, 6) is -1.03. The van der Waals surface area contributed by atoms with Gasteiger partial charge in [-0.3, -0.25) is 5.43 Å². The first kappa shape index (κ1) is 18.5. The van der Waals surface area contributed by atoms with Crippen LogP contribution >= 0.6 is 12.2 Å². The monoisotopic (exact) mass is 304 g/mol. The topological polar surface area (TPSA) is 62.1 Å². The van der Waals surface area contributed by atoms with Crippen LogP contribution in [0.25, 0.3) is 0 Å². The van der Waals surface area contributed by atoms with Crippen LogP contribution in [0.3, 0.4) is 0 Å². The summed E-state index contributed by atoms with van der Waals surface area (Å²) in [6, 6.07) is 2.20. The second kappa shape index (κ2) is 10.3. The van der Waals surface area contributed by atoms with Crippen LogP contribution in [0.1, 0.15) is 32.3 Å².